The van der Waals surface area contributed by atoms with E-state index < -0.39 is 21.8 Å². The van der Waals surface area contributed by atoms with Gasteiger partial charge in [0.25, 0.3) is 11.4 Å². The molecule has 250 valence electrons. The summed E-state index contributed by atoms with van der Waals surface area (Å²) in [6.45, 7) is 2.13. The van der Waals surface area contributed by atoms with Gasteiger partial charge in [-0.15, -0.1) is 0 Å². The minimum atomic E-state index is -0.618. The number of ether oxygens (including phenoxy) is 3. The first-order valence-corrected chi connectivity index (χ1v) is 15.9. The van der Waals surface area contributed by atoms with Crippen LogP contribution in [0.1, 0.15) is 103 Å². The lowest BCUT2D eigenvalue weighted by atomic mass is 10.1. The SMILES string of the molecule is CCCCCC[C@H](C/C=C\CCCCCCCC(=O)Oc1ccc([N+](=O)[O-])cc1)OC(=O)CCC(=O)Oc1ccc([N+](=O)[O-])cc1. The Morgan fingerprint density at radius 1 is 0.652 bits per heavy atom. The molecule has 0 saturated heterocycles. The van der Waals surface area contributed by atoms with Crippen LogP contribution < -0.4 is 9.47 Å². The van der Waals surface area contributed by atoms with Gasteiger partial charge in [0.2, 0.25) is 0 Å². The zero-order valence-corrected chi connectivity index (χ0v) is 26.4. The van der Waals surface area contributed by atoms with Crippen LogP contribution >= 0.6 is 0 Å². The van der Waals surface area contributed by atoms with Gasteiger partial charge < -0.3 is 14.2 Å². The topological polar surface area (TPSA) is 165 Å². The lowest BCUT2D eigenvalue weighted by Crippen LogP contribution is -2.19. The maximum atomic E-state index is 12.5. The average Bonchev–Trinajstić information content (AvgIpc) is 3.03. The third-order valence-corrected chi connectivity index (χ3v) is 7.09. The Bertz CT molecular complexity index is 1280. The molecule has 0 aromatic heterocycles. The van der Waals surface area contributed by atoms with Gasteiger partial charge in [0.05, 0.1) is 22.7 Å². The predicted molar refractivity (Wildman–Crippen MR) is 171 cm³/mol. The Labute approximate surface area is 269 Å². The predicted octanol–water partition coefficient (Wildman–Crippen LogP) is 8.35. The fourth-order valence-corrected chi connectivity index (χ4v) is 4.54. The minimum absolute atomic E-state index is 0.0583. The minimum Gasteiger partial charge on any atom is -0.462 e. The molecule has 1 atom stereocenters. The molecule has 2 rings (SSSR count). The molecule has 0 aliphatic carbocycles. The number of hydrogen-bond acceptors (Lipinski definition) is 10. The van der Waals surface area contributed by atoms with E-state index >= 15 is 0 Å². The van der Waals surface area contributed by atoms with Crippen molar-refractivity contribution < 1.29 is 38.4 Å². The van der Waals surface area contributed by atoms with Gasteiger partial charge in [-0.1, -0.05) is 57.6 Å². The zero-order valence-electron chi connectivity index (χ0n) is 26.4. The quantitative estimate of drug-likeness (QED) is 0.0288. The molecule has 0 radical (unpaired) electrons. The number of hydrogen-bond donors (Lipinski definition) is 0. The van der Waals surface area contributed by atoms with E-state index in [9.17, 15) is 34.6 Å². The lowest BCUT2D eigenvalue weighted by Gasteiger charge is -2.16. The van der Waals surface area contributed by atoms with Crippen LogP contribution in [0.25, 0.3) is 0 Å². The first-order chi connectivity index (χ1) is 22.2. The molecule has 2 aromatic carbocycles. The maximum absolute atomic E-state index is 12.5. The highest BCUT2D eigenvalue weighted by Gasteiger charge is 2.16. The first kappa shape index (κ1) is 37.6. The molecule has 0 N–H and O–H groups in total. The highest BCUT2D eigenvalue weighted by atomic mass is 16.6. The summed E-state index contributed by atoms with van der Waals surface area (Å²) >= 11 is 0. The molecule has 0 unspecified atom stereocenters. The summed E-state index contributed by atoms with van der Waals surface area (Å²) in [4.78, 5) is 57.0. The number of nitro benzene ring substituents is 2. The molecular weight excluding hydrogens is 596 g/mol. The fraction of sp³-hybridized carbons (Fsp3) is 0.500. The van der Waals surface area contributed by atoms with Crippen molar-refractivity contribution in [1.29, 1.82) is 0 Å². The van der Waals surface area contributed by atoms with Gasteiger partial charge in [0.1, 0.15) is 17.6 Å². The van der Waals surface area contributed by atoms with Crippen molar-refractivity contribution in [2.75, 3.05) is 0 Å². The number of nitro groups is 2. The zero-order chi connectivity index (χ0) is 33.6. The maximum Gasteiger partial charge on any atom is 0.311 e. The van der Waals surface area contributed by atoms with Gasteiger partial charge in [0.15, 0.2) is 0 Å². The number of nitrogens with zero attached hydrogens (tertiary/aromatic N) is 2. The number of carbonyl (C=O) groups is 3. The van der Waals surface area contributed by atoms with Crippen LogP contribution in [0.4, 0.5) is 11.4 Å². The molecule has 46 heavy (non-hydrogen) atoms. The summed E-state index contributed by atoms with van der Waals surface area (Å²) in [5, 5.41) is 21.5. The molecule has 2 aromatic rings. The molecular formula is C34H44N2O10. The molecule has 0 spiro atoms. The summed E-state index contributed by atoms with van der Waals surface area (Å²) in [6.07, 6.45) is 15.0. The monoisotopic (exact) mass is 640 g/mol. The van der Waals surface area contributed by atoms with E-state index in [1.807, 2.05) is 6.08 Å². The molecule has 0 saturated carbocycles. The smallest absolute Gasteiger partial charge is 0.311 e. The third-order valence-electron chi connectivity index (χ3n) is 7.09. The second kappa shape index (κ2) is 22.0. The van der Waals surface area contributed by atoms with Crippen LogP contribution in [0.15, 0.2) is 60.7 Å². The van der Waals surface area contributed by atoms with Crippen molar-refractivity contribution in [2.24, 2.45) is 0 Å². The normalized spacial score (nSPS) is 11.6. The molecule has 0 heterocycles. The molecule has 0 fully saturated rings. The van der Waals surface area contributed by atoms with Gasteiger partial charge in [0, 0.05) is 37.1 Å². The molecule has 0 bridgehead atoms. The van der Waals surface area contributed by atoms with Crippen LogP contribution in [0.3, 0.4) is 0 Å². The van der Waals surface area contributed by atoms with Gasteiger partial charge >= 0.3 is 17.9 Å². The van der Waals surface area contributed by atoms with Gasteiger partial charge in [-0.05, 0) is 56.4 Å². The number of benzene rings is 2. The van der Waals surface area contributed by atoms with E-state index in [4.69, 9.17) is 14.2 Å². The number of carbonyl (C=O) groups excluding carboxylic acids is 3. The number of unbranched alkanes of at least 4 members (excludes halogenated alkanes) is 8. The van der Waals surface area contributed by atoms with Crippen molar-refractivity contribution in [3.05, 3.63) is 80.9 Å². The van der Waals surface area contributed by atoms with Gasteiger partial charge in [-0.2, -0.15) is 0 Å². The summed E-state index contributed by atoms with van der Waals surface area (Å²) in [5.74, 6) is -0.978. The van der Waals surface area contributed by atoms with Crippen molar-refractivity contribution in [2.45, 2.75) is 109 Å². The van der Waals surface area contributed by atoms with Crippen LogP contribution in [0.2, 0.25) is 0 Å². The van der Waals surface area contributed by atoms with Crippen molar-refractivity contribution in [1.82, 2.24) is 0 Å². The van der Waals surface area contributed by atoms with Crippen molar-refractivity contribution >= 4 is 29.3 Å². The lowest BCUT2D eigenvalue weighted by molar-refractivity contribution is -0.385. The summed E-state index contributed by atoms with van der Waals surface area (Å²) in [7, 11) is 0. The second-order valence-electron chi connectivity index (χ2n) is 10.9. The van der Waals surface area contributed by atoms with Gasteiger partial charge in [-0.3, -0.25) is 34.6 Å². The standard InChI is InChI=1S/C34H44N2O10/c1-2-3-4-11-14-29(44-33(38)25-26-34(39)46-31-23-19-28(20-24-31)36(42)43)15-12-9-7-5-6-8-10-13-16-32(37)45-30-21-17-27(18-22-30)35(40)41/h9,12,17-24,29H,2-8,10-11,13-16,25-26H2,1H3/b12-9-/t29-/m1/s1. The molecule has 0 aliphatic heterocycles. The van der Waals surface area contributed by atoms with Crippen molar-refractivity contribution in [3.63, 3.8) is 0 Å². The van der Waals surface area contributed by atoms with E-state index in [0.717, 1.165) is 64.2 Å². The third kappa shape index (κ3) is 16.5. The van der Waals surface area contributed by atoms with Crippen molar-refractivity contribution in [3.8, 4) is 11.5 Å². The number of rotatable bonds is 23. The molecule has 0 amide bonds. The van der Waals surface area contributed by atoms with E-state index in [-0.39, 0.29) is 48.5 Å². The summed E-state index contributed by atoms with van der Waals surface area (Å²) < 4.78 is 16.0. The van der Waals surface area contributed by atoms with Crippen LogP contribution in [0, 0.1) is 20.2 Å². The Morgan fingerprint density at radius 3 is 1.72 bits per heavy atom. The van der Waals surface area contributed by atoms with Gasteiger partial charge in [-0.25, -0.2) is 0 Å². The molecule has 12 heteroatoms. The van der Waals surface area contributed by atoms with E-state index in [0.29, 0.717) is 18.6 Å². The highest BCUT2D eigenvalue weighted by molar-refractivity contribution is 5.79. The second-order valence-corrected chi connectivity index (χ2v) is 10.9. The Hall–Kier alpha value is -4.61. The Kier molecular flexibility index (Phi) is 18.0. The molecule has 12 nitrogen and oxygen atoms in total. The Morgan fingerprint density at radius 2 is 1.15 bits per heavy atom. The Balaban J connectivity index is 1.61. The molecule has 0 aliphatic rings. The average molecular weight is 641 g/mol. The van der Waals surface area contributed by atoms with Crippen LogP contribution in [0.5, 0.6) is 11.5 Å². The number of allylic oxidation sites excluding steroid dienone is 1. The summed E-state index contributed by atoms with van der Waals surface area (Å²) in [5.41, 5.74) is -0.170. The van der Waals surface area contributed by atoms with Crippen LogP contribution in [-0.4, -0.2) is 33.9 Å². The largest absolute Gasteiger partial charge is 0.462 e. The van der Waals surface area contributed by atoms with Crippen LogP contribution in [-0.2, 0) is 19.1 Å². The number of esters is 3. The van der Waals surface area contributed by atoms with E-state index in [1.165, 1.54) is 48.5 Å². The first-order valence-electron chi connectivity index (χ1n) is 15.9. The fourth-order valence-electron chi connectivity index (χ4n) is 4.54. The van der Waals surface area contributed by atoms with E-state index in [2.05, 4.69) is 13.0 Å². The van der Waals surface area contributed by atoms with E-state index in [1.54, 1.807) is 0 Å². The number of non-ortho nitro benzene ring substituents is 2. The summed E-state index contributed by atoms with van der Waals surface area (Å²) in [6, 6.07) is 10.6. The highest BCUT2D eigenvalue weighted by Crippen LogP contribution is 2.20.